The Bertz CT molecular complexity index is 1230. The van der Waals surface area contributed by atoms with Crippen LogP contribution in [0.3, 0.4) is 0 Å². The number of anilines is 1. The van der Waals surface area contributed by atoms with Gasteiger partial charge in [0.15, 0.2) is 6.61 Å². The molecule has 0 heterocycles. The smallest absolute Gasteiger partial charge is 0.338 e. The van der Waals surface area contributed by atoms with Crippen molar-refractivity contribution in [1.29, 1.82) is 0 Å². The molecule has 0 fully saturated rings. The van der Waals surface area contributed by atoms with Gasteiger partial charge in [-0.3, -0.25) is 9.52 Å². The maximum Gasteiger partial charge on any atom is 0.338 e. The second kappa shape index (κ2) is 11.4. The van der Waals surface area contributed by atoms with Gasteiger partial charge in [0.25, 0.3) is 5.91 Å². The predicted octanol–water partition coefficient (Wildman–Crippen LogP) is 3.14. The molecule has 0 spiro atoms. The van der Waals surface area contributed by atoms with Crippen molar-refractivity contribution in [2.24, 2.45) is 0 Å². The number of methoxy groups -OCH3 is 2. The minimum Gasteiger partial charge on any atom is -0.497 e. The van der Waals surface area contributed by atoms with Gasteiger partial charge in [-0.15, -0.1) is 0 Å². The Morgan fingerprint density at radius 1 is 0.857 bits per heavy atom. The zero-order chi connectivity index (χ0) is 25.4. The summed E-state index contributed by atoms with van der Waals surface area (Å²) in [7, 11) is -0.366. The molecule has 2 N–H and O–H groups in total. The van der Waals surface area contributed by atoms with E-state index in [1.165, 1.54) is 24.3 Å². The minimum absolute atomic E-state index is 0.105. The maximum absolute atomic E-state index is 12.7. The lowest BCUT2D eigenvalue weighted by atomic mass is 9.98. The van der Waals surface area contributed by atoms with Crippen molar-refractivity contribution < 1.29 is 32.2 Å². The topological polar surface area (TPSA) is 120 Å². The van der Waals surface area contributed by atoms with Crippen molar-refractivity contribution in [2.45, 2.75) is 6.04 Å². The average Bonchev–Trinajstić information content (AvgIpc) is 2.85. The van der Waals surface area contributed by atoms with Crippen LogP contribution in [-0.2, 0) is 19.6 Å². The van der Waals surface area contributed by atoms with E-state index in [4.69, 9.17) is 14.2 Å². The third kappa shape index (κ3) is 7.47. The molecule has 0 bridgehead atoms. The first-order valence-corrected chi connectivity index (χ1v) is 12.4. The van der Waals surface area contributed by atoms with E-state index < -0.39 is 34.5 Å². The highest BCUT2D eigenvalue weighted by molar-refractivity contribution is 7.92. The van der Waals surface area contributed by atoms with E-state index in [2.05, 4.69) is 10.0 Å². The van der Waals surface area contributed by atoms with Crippen LogP contribution in [0.4, 0.5) is 5.69 Å². The fourth-order valence-electron chi connectivity index (χ4n) is 3.29. The molecule has 0 radical (unpaired) electrons. The van der Waals surface area contributed by atoms with Crippen molar-refractivity contribution in [1.82, 2.24) is 5.32 Å². The van der Waals surface area contributed by atoms with Crippen molar-refractivity contribution in [3.63, 3.8) is 0 Å². The van der Waals surface area contributed by atoms with E-state index in [1.807, 2.05) is 24.3 Å². The van der Waals surface area contributed by atoms with Crippen LogP contribution in [0.5, 0.6) is 11.5 Å². The molecule has 35 heavy (non-hydrogen) atoms. The van der Waals surface area contributed by atoms with Crippen LogP contribution in [0.25, 0.3) is 0 Å². The molecule has 0 unspecified atom stereocenters. The van der Waals surface area contributed by atoms with Crippen molar-refractivity contribution in [3.8, 4) is 11.5 Å². The fourth-order valence-corrected chi connectivity index (χ4v) is 3.85. The Morgan fingerprint density at radius 3 is 1.89 bits per heavy atom. The lowest BCUT2D eigenvalue weighted by Crippen LogP contribution is -2.33. The zero-order valence-corrected chi connectivity index (χ0v) is 20.3. The van der Waals surface area contributed by atoms with Crippen molar-refractivity contribution in [3.05, 3.63) is 89.5 Å². The summed E-state index contributed by atoms with van der Waals surface area (Å²) in [6.45, 7) is -0.522. The van der Waals surface area contributed by atoms with Gasteiger partial charge in [-0.2, -0.15) is 0 Å². The quantitative estimate of drug-likeness (QED) is 0.412. The molecule has 1 amide bonds. The Morgan fingerprint density at radius 2 is 1.40 bits per heavy atom. The van der Waals surface area contributed by atoms with E-state index in [0.29, 0.717) is 11.5 Å². The molecule has 3 rings (SSSR count). The molecule has 0 aliphatic carbocycles. The number of rotatable bonds is 10. The summed E-state index contributed by atoms with van der Waals surface area (Å²) in [5.41, 5.74) is 1.92. The van der Waals surface area contributed by atoms with Crippen LogP contribution in [0, 0.1) is 0 Å². The molecule has 9 nitrogen and oxygen atoms in total. The third-order valence-electron chi connectivity index (χ3n) is 4.94. The maximum atomic E-state index is 12.7. The molecule has 0 atom stereocenters. The zero-order valence-electron chi connectivity index (χ0n) is 19.5. The van der Waals surface area contributed by atoms with Gasteiger partial charge < -0.3 is 19.5 Å². The average molecular weight is 499 g/mol. The summed E-state index contributed by atoms with van der Waals surface area (Å²) in [5.74, 6) is 0.0771. The van der Waals surface area contributed by atoms with Crippen molar-refractivity contribution in [2.75, 3.05) is 31.8 Å². The van der Waals surface area contributed by atoms with Gasteiger partial charge in [0.1, 0.15) is 11.5 Å². The monoisotopic (exact) mass is 498 g/mol. The number of esters is 1. The summed E-state index contributed by atoms with van der Waals surface area (Å²) < 4.78 is 40.7. The van der Waals surface area contributed by atoms with E-state index >= 15 is 0 Å². The summed E-state index contributed by atoms with van der Waals surface area (Å²) in [5, 5.41) is 2.88. The number of sulfonamides is 1. The van der Waals surface area contributed by atoms with Gasteiger partial charge in [0.2, 0.25) is 10.0 Å². The summed E-state index contributed by atoms with van der Waals surface area (Å²) in [6.07, 6.45) is 1.00. The Hall–Kier alpha value is -4.05. The standard InChI is InChI=1S/C25H26N2O7S/c1-32-21-11-7-17(8-12-21)24(18-9-13-22(33-2)14-10-18)26-23(28)16-34-25(29)19-5-4-6-20(15-19)27-35(3,30)31/h4-15,24,27H,16H2,1-3H3,(H,26,28). The van der Waals surface area contributed by atoms with Gasteiger partial charge in [-0.25, -0.2) is 13.2 Å². The Balaban J connectivity index is 1.71. The van der Waals surface area contributed by atoms with Gasteiger partial charge in [0.05, 0.1) is 32.1 Å². The highest BCUT2D eigenvalue weighted by Crippen LogP contribution is 2.26. The number of nitrogens with one attached hydrogen (secondary N) is 2. The van der Waals surface area contributed by atoms with Crippen molar-refractivity contribution >= 4 is 27.6 Å². The van der Waals surface area contributed by atoms with Gasteiger partial charge in [0, 0.05) is 5.69 Å². The van der Waals surface area contributed by atoms with Crippen LogP contribution >= 0.6 is 0 Å². The van der Waals surface area contributed by atoms with Gasteiger partial charge in [-0.05, 0) is 53.6 Å². The predicted molar refractivity (Wildman–Crippen MR) is 131 cm³/mol. The normalized spacial score (nSPS) is 11.0. The van der Waals surface area contributed by atoms with Crippen LogP contribution in [0.15, 0.2) is 72.8 Å². The minimum atomic E-state index is -3.50. The number of ether oxygens (including phenoxy) is 3. The van der Waals surface area contributed by atoms with Crippen LogP contribution < -0.4 is 19.5 Å². The Kier molecular flexibility index (Phi) is 8.32. The van der Waals surface area contributed by atoms with E-state index in [1.54, 1.807) is 38.5 Å². The summed E-state index contributed by atoms with van der Waals surface area (Å²) >= 11 is 0. The number of benzene rings is 3. The number of amides is 1. The van der Waals surface area contributed by atoms with E-state index in [9.17, 15) is 18.0 Å². The molecule has 0 aromatic heterocycles. The largest absolute Gasteiger partial charge is 0.497 e. The molecule has 184 valence electrons. The molecule has 10 heteroatoms. The molecule has 0 saturated heterocycles. The second-order valence-electron chi connectivity index (χ2n) is 7.58. The van der Waals surface area contributed by atoms with Crippen LogP contribution in [-0.4, -0.2) is 47.4 Å². The first-order chi connectivity index (χ1) is 16.7. The number of carbonyl (C=O) groups is 2. The molecule has 0 aliphatic rings. The molecule has 0 aliphatic heterocycles. The number of hydrogen-bond donors (Lipinski definition) is 2. The second-order valence-corrected chi connectivity index (χ2v) is 9.33. The first kappa shape index (κ1) is 25.6. The number of carbonyl (C=O) groups excluding carboxylic acids is 2. The SMILES string of the molecule is COc1ccc(C(NC(=O)COC(=O)c2cccc(NS(C)(=O)=O)c2)c2ccc(OC)cc2)cc1. The highest BCUT2D eigenvalue weighted by atomic mass is 32.2. The fraction of sp³-hybridized carbons (Fsp3) is 0.200. The third-order valence-corrected chi connectivity index (χ3v) is 5.55. The summed E-state index contributed by atoms with van der Waals surface area (Å²) in [6, 6.07) is 19.8. The lowest BCUT2D eigenvalue weighted by molar-refractivity contribution is -0.124. The summed E-state index contributed by atoms with van der Waals surface area (Å²) in [4.78, 5) is 25.1. The Labute approximate surface area is 204 Å². The molecular weight excluding hydrogens is 472 g/mol. The highest BCUT2D eigenvalue weighted by Gasteiger charge is 2.19. The van der Waals surface area contributed by atoms with Crippen LogP contribution in [0.2, 0.25) is 0 Å². The molecule has 3 aromatic carbocycles. The first-order valence-electron chi connectivity index (χ1n) is 10.5. The molecule has 0 saturated carbocycles. The molecule has 3 aromatic rings. The molecular formula is C25H26N2O7S. The van der Waals surface area contributed by atoms with Crippen LogP contribution in [0.1, 0.15) is 27.5 Å². The van der Waals surface area contributed by atoms with Gasteiger partial charge >= 0.3 is 5.97 Å². The number of hydrogen-bond acceptors (Lipinski definition) is 7. The van der Waals surface area contributed by atoms with Gasteiger partial charge in [-0.1, -0.05) is 30.3 Å². The van der Waals surface area contributed by atoms with E-state index in [-0.39, 0.29) is 11.3 Å². The lowest BCUT2D eigenvalue weighted by Gasteiger charge is -2.20. The van der Waals surface area contributed by atoms with E-state index in [0.717, 1.165) is 17.4 Å².